The van der Waals surface area contributed by atoms with Gasteiger partial charge in [-0.05, 0) is 13.8 Å². The van der Waals surface area contributed by atoms with Crippen LogP contribution in [-0.4, -0.2) is 16.0 Å². The van der Waals surface area contributed by atoms with Crippen LogP contribution in [0.1, 0.15) is 13.8 Å². The van der Waals surface area contributed by atoms with Gasteiger partial charge in [-0.3, -0.25) is 15.1 Å². The van der Waals surface area contributed by atoms with Crippen LogP contribution in [0.3, 0.4) is 0 Å². The van der Waals surface area contributed by atoms with Crippen LogP contribution >= 0.6 is 0 Å². The molecule has 1 aromatic heterocycles. The van der Waals surface area contributed by atoms with E-state index in [1.807, 2.05) is 13.8 Å². The third-order valence-corrected chi connectivity index (χ3v) is 1.32. The minimum absolute atomic E-state index is 0.0823. The van der Waals surface area contributed by atoms with Crippen LogP contribution in [0.5, 0.6) is 5.75 Å². The van der Waals surface area contributed by atoms with Crippen LogP contribution < -0.4 is 4.74 Å². The third-order valence-electron chi connectivity index (χ3n) is 1.32. The van der Waals surface area contributed by atoms with E-state index in [4.69, 9.17) is 4.74 Å². The molecule has 5 nitrogen and oxygen atoms in total. The van der Waals surface area contributed by atoms with Crippen LogP contribution in [-0.2, 0) is 0 Å². The Kier molecular flexibility index (Phi) is 2.79. The number of pyridine rings is 1. The fourth-order valence-corrected chi connectivity index (χ4v) is 0.864. The van der Waals surface area contributed by atoms with Crippen LogP contribution in [0, 0.1) is 10.1 Å². The van der Waals surface area contributed by atoms with Gasteiger partial charge in [-0.15, -0.1) is 0 Å². The summed E-state index contributed by atoms with van der Waals surface area (Å²) in [5, 5.41) is 10.5. The van der Waals surface area contributed by atoms with Gasteiger partial charge >= 0.3 is 5.69 Å². The smallest absolute Gasteiger partial charge is 0.329 e. The number of aromatic nitrogens is 1. The number of hydrogen-bond acceptors (Lipinski definition) is 4. The van der Waals surface area contributed by atoms with E-state index in [1.54, 1.807) is 0 Å². The zero-order chi connectivity index (χ0) is 9.84. The summed E-state index contributed by atoms with van der Waals surface area (Å²) in [6.07, 6.45) is 2.56. The molecule has 0 aliphatic heterocycles. The average molecular weight is 182 g/mol. The Labute approximate surface area is 75.5 Å². The highest BCUT2D eigenvalue weighted by atomic mass is 16.6. The molecule has 5 heteroatoms. The minimum Gasteiger partial charge on any atom is -0.484 e. The van der Waals surface area contributed by atoms with Crippen molar-refractivity contribution in [3.8, 4) is 5.75 Å². The predicted molar refractivity (Wildman–Crippen MR) is 46.7 cm³/mol. The standard InChI is InChI=1S/C8H10N2O3/c1-6(2)13-8-3-4-9-5-7(8)10(11)12/h3-6H,1-2H3. The molecule has 1 rings (SSSR count). The van der Waals surface area contributed by atoms with Crippen molar-refractivity contribution in [1.29, 1.82) is 0 Å². The lowest BCUT2D eigenvalue weighted by atomic mass is 10.4. The van der Waals surface area contributed by atoms with Crippen molar-refractivity contribution in [2.24, 2.45) is 0 Å². The second kappa shape index (κ2) is 3.84. The summed E-state index contributed by atoms with van der Waals surface area (Å²) in [5.74, 6) is 0.259. The summed E-state index contributed by atoms with van der Waals surface area (Å²) in [7, 11) is 0. The van der Waals surface area contributed by atoms with Crippen molar-refractivity contribution in [3.05, 3.63) is 28.6 Å². The first-order valence-electron chi connectivity index (χ1n) is 3.86. The van der Waals surface area contributed by atoms with Gasteiger partial charge < -0.3 is 4.74 Å². The number of nitro groups is 1. The van der Waals surface area contributed by atoms with Crippen molar-refractivity contribution in [2.75, 3.05) is 0 Å². The molecule has 1 aromatic rings. The van der Waals surface area contributed by atoms with Gasteiger partial charge in [-0.2, -0.15) is 0 Å². The molecule has 0 saturated carbocycles. The molecule has 0 radical (unpaired) electrons. The molecule has 13 heavy (non-hydrogen) atoms. The van der Waals surface area contributed by atoms with E-state index in [1.165, 1.54) is 18.5 Å². The van der Waals surface area contributed by atoms with Crippen molar-refractivity contribution in [2.45, 2.75) is 20.0 Å². The van der Waals surface area contributed by atoms with Crippen LogP contribution in [0.25, 0.3) is 0 Å². The van der Waals surface area contributed by atoms with E-state index < -0.39 is 4.92 Å². The fourth-order valence-electron chi connectivity index (χ4n) is 0.864. The highest BCUT2D eigenvalue weighted by molar-refractivity contribution is 5.43. The summed E-state index contributed by atoms with van der Waals surface area (Å²) >= 11 is 0. The highest BCUT2D eigenvalue weighted by Gasteiger charge is 2.15. The number of rotatable bonds is 3. The van der Waals surface area contributed by atoms with Gasteiger partial charge in [-0.1, -0.05) is 0 Å². The van der Waals surface area contributed by atoms with Gasteiger partial charge in [0.05, 0.1) is 11.0 Å². The lowest BCUT2D eigenvalue weighted by Gasteiger charge is -2.08. The normalized spacial score (nSPS) is 10.1. The molecule has 0 fully saturated rings. The SMILES string of the molecule is CC(C)Oc1ccncc1[N+](=O)[O-]. The van der Waals surface area contributed by atoms with E-state index in [9.17, 15) is 10.1 Å². The minimum atomic E-state index is -0.509. The molecule has 0 amide bonds. The molecule has 0 N–H and O–H groups in total. The maximum absolute atomic E-state index is 10.5. The number of hydrogen-bond donors (Lipinski definition) is 0. The van der Waals surface area contributed by atoms with E-state index in [0.717, 1.165) is 0 Å². The molecule has 0 aromatic carbocycles. The van der Waals surface area contributed by atoms with Crippen LogP contribution in [0.4, 0.5) is 5.69 Å². The van der Waals surface area contributed by atoms with Crippen molar-refractivity contribution in [3.63, 3.8) is 0 Å². The third kappa shape index (κ3) is 2.40. The maximum atomic E-state index is 10.5. The van der Waals surface area contributed by atoms with Crippen LogP contribution in [0.2, 0.25) is 0 Å². The van der Waals surface area contributed by atoms with Gasteiger partial charge in [0.1, 0.15) is 6.20 Å². The summed E-state index contributed by atoms with van der Waals surface area (Å²) in [6, 6.07) is 1.48. The molecule has 0 saturated heterocycles. The molecular weight excluding hydrogens is 172 g/mol. The Bertz CT molecular complexity index is 312. The molecule has 0 aliphatic carbocycles. The van der Waals surface area contributed by atoms with Crippen molar-refractivity contribution >= 4 is 5.69 Å². The molecule has 0 atom stereocenters. The van der Waals surface area contributed by atoms with Crippen LogP contribution in [0.15, 0.2) is 18.5 Å². The quantitative estimate of drug-likeness (QED) is 0.527. The summed E-state index contributed by atoms with van der Waals surface area (Å²) in [6.45, 7) is 3.62. The fraction of sp³-hybridized carbons (Fsp3) is 0.375. The first kappa shape index (κ1) is 9.44. The van der Waals surface area contributed by atoms with Gasteiger partial charge in [0.15, 0.2) is 0 Å². The predicted octanol–water partition coefficient (Wildman–Crippen LogP) is 1.78. The first-order chi connectivity index (χ1) is 6.11. The molecule has 0 unspecified atom stereocenters. The van der Waals surface area contributed by atoms with Gasteiger partial charge in [-0.25, -0.2) is 0 Å². The number of ether oxygens (including phenoxy) is 1. The van der Waals surface area contributed by atoms with Gasteiger partial charge in [0.25, 0.3) is 0 Å². The maximum Gasteiger partial charge on any atom is 0.329 e. The Morgan fingerprint density at radius 2 is 2.31 bits per heavy atom. The number of nitrogens with zero attached hydrogens (tertiary/aromatic N) is 2. The Hall–Kier alpha value is -1.65. The summed E-state index contributed by atoms with van der Waals surface area (Å²) in [5.41, 5.74) is -0.101. The van der Waals surface area contributed by atoms with Crippen molar-refractivity contribution in [1.82, 2.24) is 4.98 Å². The van der Waals surface area contributed by atoms with E-state index >= 15 is 0 Å². The van der Waals surface area contributed by atoms with Gasteiger partial charge in [0, 0.05) is 12.3 Å². The Morgan fingerprint density at radius 3 is 2.85 bits per heavy atom. The van der Waals surface area contributed by atoms with E-state index in [0.29, 0.717) is 0 Å². The molecular formula is C8H10N2O3. The molecule has 1 heterocycles. The second-order valence-corrected chi connectivity index (χ2v) is 2.77. The van der Waals surface area contributed by atoms with E-state index in [2.05, 4.69) is 4.98 Å². The Morgan fingerprint density at radius 1 is 1.62 bits per heavy atom. The summed E-state index contributed by atoms with van der Waals surface area (Å²) in [4.78, 5) is 13.6. The summed E-state index contributed by atoms with van der Waals surface area (Å²) < 4.78 is 5.22. The lowest BCUT2D eigenvalue weighted by molar-refractivity contribution is -0.386. The van der Waals surface area contributed by atoms with Gasteiger partial charge in [0.2, 0.25) is 5.75 Å². The molecule has 70 valence electrons. The average Bonchev–Trinajstić information content (AvgIpc) is 2.03. The monoisotopic (exact) mass is 182 g/mol. The molecule has 0 bridgehead atoms. The molecule has 0 spiro atoms. The van der Waals surface area contributed by atoms with E-state index in [-0.39, 0.29) is 17.5 Å². The second-order valence-electron chi connectivity index (χ2n) is 2.77. The Balaban J connectivity index is 2.98. The zero-order valence-electron chi connectivity index (χ0n) is 7.43. The largest absolute Gasteiger partial charge is 0.484 e. The highest BCUT2D eigenvalue weighted by Crippen LogP contribution is 2.25. The lowest BCUT2D eigenvalue weighted by Crippen LogP contribution is -2.07. The zero-order valence-corrected chi connectivity index (χ0v) is 7.43. The molecule has 0 aliphatic rings. The van der Waals surface area contributed by atoms with Crippen molar-refractivity contribution < 1.29 is 9.66 Å². The topological polar surface area (TPSA) is 65.3 Å². The first-order valence-corrected chi connectivity index (χ1v) is 3.86.